The number of rotatable bonds is 8. The van der Waals surface area contributed by atoms with Gasteiger partial charge in [-0.15, -0.1) is 11.3 Å². The number of benzene rings is 1. The molecule has 1 aliphatic rings. The van der Waals surface area contributed by atoms with E-state index in [0.29, 0.717) is 6.54 Å². The average Bonchev–Trinajstić information content (AvgIpc) is 3.16. The second-order valence-electron chi connectivity index (χ2n) is 6.49. The molecule has 1 amide bonds. The molecule has 0 radical (unpaired) electrons. The highest BCUT2D eigenvalue weighted by Gasteiger charge is 2.09. The molecule has 0 spiro atoms. The van der Waals surface area contributed by atoms with Crippen LogP contribution in [-0.4, -0.2) is 50.2 Å². The van der Waals surface area contributed by atoms with Crippen molar-refractivity contribution in [2.45, 2.75) is 12.8 Å². The second kappa shape index (κ2) is 10.3. The molecule has 2 aromatic rings. The molecule has 144 valence electrons. The number of hydrogen-bond donors (Lipinski definition) is 1. The first-order chi connectivity index (χ1) is 13.2. The molecule has 27 heavy (non-hydrogen) atoms. The summed E-state index contributed by atoms with van der Waals surface area (Å²) in [7, 11) is 0. The van der Waals surface area contributed by atoms with Gasteiger partial charge in [-0.2, -0.15) is 0 Å². The highest BCUT2D eigenvalue weighted by molar-refractivity contribution is 7.16. The Morgan fingerprint density at radius 3 is 2.70 bits per heavy atom. The summed E-state index contributed by atoms with van der Waals surface area (Å²) in [6.45, 7) is 5.43. The highest BCUT2D eigenvalue weighted by Crippen LogP contribution is 2.28. The van der Waals surface area contributed by atoms with E-state index in [1.54, 1.807) is 29.5 Å². The number of morpholine rings is 1. The van der Waals surface area contributed by atoms with Gasteiger partial charge < -0.3 is 10.1 Å². The number of ether oxygens (including phenoxy) is 1. The number of amides is 1. The van der Waals surface area contributed by atoms with E-state index in [1.807, 2.05) is 18.2 Å². The van der Waals surface area contributed by atoms with Crippen LogP contribution >= 0.6 is 11.3 Å². The zero-order valence-corrected chi connectivity index (χ0v) is 16.1. The van der Waals surface area contributed by atoms with Crippen molar-refractivity contribution in [3.8, 4) is 10.4 Å². The lowest BCUT2D eigenvalue weighted by molar-refractivity contribution is -0.116. The first kappa shape index (κ1) is 19.7. The molecule has 4 nitrogen and oxygen atoms in total. The number of carbonyl (C=O) groups excluding carboxylic acids is 1. The van der Waals surface area contributed by atoms with Crippen molar-refractivity contribution in [2.24, 2.45) is 0 Å². The summed E-state index contributed by atoms with van der Waals surface area (Å²) in [6, 6.07) is 10.4. The number of carbonyl (C=O) groups is 1. The molecule has 1 saturated heterocycles. The maximum absolute atomic E-state index is 13.0. The Hall–Kier alpha value is -2.02. The summed E-state index contributed by atoms with van der Waals surface area (Å²) in [5.41, 5.74) is 0.978. The third-order valence-electron chi connectivity index (χ3n) is 4.46. The quantitative estimate of drug-likeness (QED) is 0.553. The number of nitrogens with zero attached hydrogens (tertiary/aromatic N) is 1. The van der Waals surface area contributed by atoms with Crippen LogP contribution in [0, 0.1) is 5.82 Å². The van der Waals surface area contributed by atoms with Gasteiger partial charge in [0.05, 0.1) is 13.2 Å². The first-order valence-electron chi connectivity index (χ1n) is 9.32. The summed E-state index contributed by atoms with van der Waals surface area (Å²) >= 11 is 1.58. The third-order valence-corrected chi connectivity index (χ3v) is 5.56. The van der Waals surface area contributed by atoms with E-state index in [-0.39, 0.29) is 11.7 Å². The van der Waals surface area contributed by atoms with Crippen LogP contribution in [0.2, 0.25) is 0 Å². The Balaban J connectivity index is 1.36. The van der Waals surface area contributed by atoms with Gasteiger partial charge in [-0.3, -0.25) is 9.69 Å². The lowest BCUT2D eigenvalue weighted by atomic mass is 10.2. The second-order valence-corrected chi connectivity index (χ2v) is 7.61. The Kier molecular flexibility index (Phi) is 7.56. The van der Waals surface area contributed by atoms with Crippen LogP contribution in [0.15, 0.2) is 42.5 Å². The predicted octanol–water partition coefficient (Wildman–Crippen LogP) is 3.80. The fourth-order valence-corrected chi connectivity index (χ4v) is 3.84. The van der Waals surface area contributed by atoms with Crippen LogP contribution in [-0.2, 0) is 9.53 Å². The van der Waals surface area contributed by atoms with Crippen molar-refractivity contribution in [2.75, 3.05) is 39.4 Å². The summed E-state index contributed by atoms with van der Waals surface area (Å²) in [5.74, 6) is -0.310. The summed E-state index contributed by atoms with van der Waals surface area (Å²) in [6.07, 6.45) is 5.45. The van der Waals surface area contributed by atoms with Crippen molar-refractivity contribution in [1.82, 2.24) is 10.2 Å². The largest absolute Gasteiger partial charge is 0.379 e. The Morgan fingerprint density at radius 2 is 1.93 bits per heavy atom. The highest BCUT2D eigenvalue weighted by atomic mass is 32.1. The zero-order valence-electron chi connectivity index (χ0n) is 15.3. The van der Waals surface area contributed by atoms with E-state index in [4.69, 9.17) is 4.74 Å². The van der Waals surface area contributed by atoms with Crippen LogP contribution in [0.4, 0.5) is 4.39 Å². The molecule has 1 aliphatic heterocycles. The van der Waals surface area contributed by atoms with Crippen LogP contribution in [0.25, 0.3) is 16.5 Å². The van der Waals surface area contributed by atoms with Gasteiger partial charge in [0.25, 0.3) is 0 Å². The van der Waals surface area contributed by atoms with E-state index in [1.165, 1.54) is 12.1 Å². The van der Waals surface area contributed by atoms with Crippen LogP contribution < -0.4 is 5.32 Å². The van der Waals surface area contributed by atoms with Gasteiger partial charge in [-0.1, -0.05) is 12.1 Å². The van der Waals surface area contributed by atoms with Gasteiger partial charge in [0.15, 0.2) is 0 Å². The molecule has 0 unspecified atom stereocenters. The number of hydrogen-bond acceptors (Lipinski definition) is 4. The molecule has 1 N–H and O–H groups in total. The molecule has 2 heterocycles. The van der Waals surface area contributed by atoms with E-state index in [0.717, 1.165) is 61.0 Å². The molecular weight excluding hydrogens is 363 g/mol. The summed E-state index contributed by atoms with van der Waals surface area (Å²) in [5, 5.41) is 2.93. The van der Waals surface area contributed by atoms with Crippen LogP contribution in [0.3, 0.4) is 0 Å². The molecule has 6 heteroatoms. The van der Waals surface area contributed by atoms with Crippen LogP contribution in [0.5, 0.6) is 0 Å². The standard InChI is InChI=1S/C21H25FN2O2S/c22-18-5-3-17(4-6-18)20-9-7-19(27-20)8-10-21(25)23-11-1-2-12-24-13-15-26-16-14-24/h3-10H,1-2,11-16H2,(H,23,25)/b10-8+. The molecule has 1 aromatic heterocycles. The maximum atomic E-state index is 13.0. The van der Waals surface area contributed by atoms with Crippen molar-refractivity contribution < 1.29 is 13.9 Å². The topological polar surface area (TPSA) is 41.6 Å². The monoisotopic (exact) mass is 388 g/mol. The molecule has 3 rings (SSSR count). The maximum Gasteiger partial charge on any atom is 0.244 e. The van der Waals surface area contributed by atoms with Crippen molar-refractivity contribution >= 4 is 23.3 Å². The smallest absolute Gasteiger partial charge is 0.244 e. The molecular formula is C21H25FN2O2S. The number of halogens is 1. The van der Waals surface area contributed by atoms with Gasteiger partial charge in [0.1, 0.15) is 5.82 Å². The number of thiophene rings is 1. The van der Waals surface area contributed by atoms with Crippen molar-refractivity contribution in [1.29, 1.82) is 0 Å². The van der Waals surface area contributed by atoms with Crippen LogP contribution in [0.1, 0.15) is 17.7 Å². The third kappa shape index (κ3) is 6.57. The molecule has 0 aliphatic carbocycles. The fourth-order valence-electron chi connectivity index (χ4n) is 2.93. The Bertz CT molecular complexity index is 752. The normalized spacial score (nSPS) is 15.3. The Labute approximate surface area is 163 Å². The van der Waals surface area contributed by atoms with Gasteiger partial charge in [-0.25, -0.2) is 4.39 Å². The zero-order chi connectivity index (χ0) is 18.9. The molecule has 0 bridgehead atoms. The lowest BCUT2D eigenvalue weighted by Gasteiger charge is -2.26. The van der Waals surface area contributed by atoms with Gasteiger partial charge in [0, 0.05) is 35.5 Å². The number of nitrogens with one attached hydrogen (secondary N) is 1. The van der Waals surface area contributed by atoms with Gasteiger partial charge >= 0.3 is 0 Å². The van der Waals surface area contributed by atoms with E-state index < -0.39 is 0 Å². The number of unbranched alkanes of at least 4 members (excludes halogenated alkanes) is 1. The van der Waals surface area contributed by atoms with Crippen molar-refractivity contribution in [3.05, 3.63) is 53.2 Å². The SMILES string of the molecule is O=C(/C=C/c1ccc(-c2ccc(F)cc2)s1)NCCCCN1CCOCC1. The van der Waals surface area contributed by atoms with Crippen molar-refractivity contribution in [3.63, 3.8) is 0 Å². The molecule has 1 aromatic carbocycles. The van der Waals surface area contributed by atoms with E-state index >= 15 is 0 Å². The minimum atomic E-state index is -0.239. The minimum Gasteiger partial charge on any atom is -0.379 e. The van der Waals surface area contributed by atoms with Gasteiger partial charge in [0.2, 0.25) is 5.91 Å². The predicted molar refractivity (Wildman–Crippen MR) is 108 cm³/mol. The van der Waals surface area contributed by atoms with E-state index in [9.17, 15) is 9.18 Å². The minimum absolute atomic E-state index is 0.0712. The fraction of sp³-hybridized carbons (Fsp3) is 0.381. The lowest BCUT2D eigenvalue weighted by Crippen LogP contribution is -2.37. The molecule has 0 atom stereocenters. The Morgan fingerprint density at radius 1 is 1.15 bits per heavy atom. The first-order valence-corrected chi connectivity index (χ1v) is 10.1. The van der Waals surface area contributed by atoms with Gasteiger partial charge in [-0.05, 0) is 55.3 Å². The van der Waals surface area contributed by atoms with E-state index in [2.05, 4.69) is 10.2 Å². The molecule has 0 saturated carbocycles. The molecule has 1 fully saturated rings. The average molecular weight is 389 g/mol. The summed E-state index contributed by atoms with van der Waals surface area (Å²) in [4.78, 5) is 16.4. The summed E-state index contributed by atoms with van der Waals surface area (Å²) < 4.78 is 18.3.